The Morgan fingerprint density at radius 2 is 2.11 bits per heavy atom. The minimum Gasteiger partial charge on any atom is -0.310 e. The van der Waals surface area contributed by atoms with Crippen LogP contribution in [-0.2, 0) is 6.42 Å². The average Bonchev–Trinajstić information content (AvgIpc) is 2.93. The summed E-state index contributed by atoms with van der Waals surface area (Å²) in [5, 5.41) is 8.83. The van der Waals surface area contributed by atoms with E-state index in [1.807, 2.05) is 12.1 Å². The van der Waals surface area contributed by atoms with E-state index in [1.165, 1.54) is 11.1 Å². The first-order valence-electron chi connectivity index (χ1n) is 6.80. The molecule has 1 heterocycles. The lowest BCUT2D eigenvalue weighted by molar-refractivity contribution is 0.500. The smallest absolute Gasteiger partial charge is 0.0453 e. The van der Waals surface area contributed by atoms with Crippen LogP contribution in [0.25, 0.3) is 0 Å². The molecule has 0 saturated carbocycles. The lowest BCUT2D eigenvalue weighted by atomic mass is 10.00. The van der Waals surface area contributed by atoms with Gasteiger partial charge < -0.3 is 5.32 Å². The van der Waals surface area contributed by atoms with Crippen LogP contribution in [0, 0.1) is 0 Å². The van der Waals surface area contributed by atoms with E-state index in [-0.39, 0.29) is 0 Å². The summed E-state index contributed by atoms with van der Waals surface area (Å²) < 4.78 is 0. The summed E-state index contributed by atoms with van der Waals surface area (Å²) in [5.41, 5.74) is 2.63. The Morgan fingerprint density at radius 1 is 1.26 bits per heavy atom. The molecule has 2 aromatic rings. The van der Waals surface area contributed by atoms with Gasteiger partial charge in [-0.1, -0.05) is 36.7 Å². The standard InChI is InChI=1S/C16H20ClNS/c1-2-10-18-16(8-7-13-9-11-19-12-13)14-5-3-4-6-15(14)17/h3-6,9,11-12,16,18H,2,7-8,10H2,1H3. The van der Waals surface area contributed by atoms with Crippen LogP contribution >= 0.6 is 22.9 Å². The van der Waals surface area contributed by atoms with Crippen molar-refractivity contribution in [3.05, 3.63) is 57.2 Å². The lowest BCUT2D eigenvalue weighted by Crippen LogP contribution is -2.23. The number of aryl methyl sites for hydroxylation is 1. The van der Waals surface area contributed by atoms with E-state index in [0.717, 1.165) is 30.8 Å². The quantitative estimate of drug-likeness (QED) is 0.751. The number of thiophene rings is 1. The maximum absolute atomic E-state index is 6.32. The maximum atomic E-state index is 6.32. The molecule has 1 N–H and O–H groups in total. The molecule has 1 aromatic carbocycles. The fraction of sp³-hybridized carbons (Fsp3) is 0.375. The topological polar surface area (TPSA) is 12.0 Å². The molecule has 2 rings (SSSR count). The molecule has 3 heteroatoms. The summed E-state index contributed by atoms with van der Waals surface area (Å²) in [6.45, 7) is 3.22. The van der Waals surface area contributed by atoms with Crippen LogP contribution in [0.15, 0.2) is 41.1 Å². The fourth-order valence-electron chi connectivity index (χ4n) is 2.19. The second-order valence-electron chi connectivity index (χ2n) is 4.70. The highest BCUT2D eigenvalue weighted by atomic mass is 35.5. The number of hydrogen-bond donors (Lipinski definition) is 1. The first-order chi connectivity index (χ1) is 9.31. The molecule has 1 nitrogen and oxygen atoms in total. The number of hydrogen-bond acceptors (Lipinski definition) is 2. The van der Waals surface area contributed by atoms with Gasteiger partial charge in [0.05, 0.1) is 0 Å². The van der Waals surface area contributed by atoms with E-state index in [0.29, 0.717) is 6.04 Å². The maximum Gasteiger partial charge on any atom is 0.0453 e. The number of benzene rings is 1. The van der Waals surface area contributed by atoms with Gasteiger partial charge in [0.15, 0.2) is 0 Å². The molecule has 0 aliphatic rings. The van der Waals surface area contributed by atoms with Crippen LogP contribution in [0.2, 0.25) is 5.02 Å². The molecule has 1 unspecified atom stereocenters. The van der Waals surface area contributed by atoms with Gasteiger partial charge in [0, 0.05) is 11.1 Å². The third-order valence-corrected chi connectivity index (χ3v) is 4.30. The molecule has 0 spiro atoms. The second kappa shape index (κ2) is 7.68. The molecule has 0 saturated heterocycles. The second-order valence-corrected chi connectivity index (χ2v) is 5.89. The van der Waals surface area contributed by atoms with Gasteiger partial charge in [-0.3, -0.25) is 0 Å². The molecule has 0 aliphatic carbocycles. The predicted molar refractivity (Wildman–Crippen MR) is 85.1 cm³/mol. The van der Waals surface area contributed by atoms with Crippen molar-refractivity contribution >= 4 is 22.9 Å². The Bertz CT molecular complexity index is 481. The van der Waals surface area contributed by atoms with Crippen LogP contribution in [-0.4, -0.2) is 6.54 Å². The zero-order chi connectivity index (χ0) is 13.5. The van der Waals surface area contributed by atoms with Crippen LogP contribution in [0.3, 0.4) is 0 Å². The number of halogens is 1. The largest absolute Gasteiger partial charge is 0.310 e. The Morgan fingerprint density at radius 3 is 2.79 bits per heavy atom. The van der Waals surface area contributed by atoms with Gasteiger partial charge in [-0.15, -0.1) is 0 Å². The van der Waals surface area contributed by atoms with Crippen molar-refractivity contribution in [2.45, 2.75) is 32.2 Å². The minimum atomic E-state index is 0.341. The van der Waals surface area contributed by atoms with Gasteiger partial charge in [-0.25, -0.2) is 0 Å². The zero-order valence-corrected chi connectivity index (χ0v) is 12.8. The first-order valence-corrected chi connectivity index (χ1v) is 8.12. The molecule has 0 aliphatic heterocycles. The molecular formula is C16H20ClNS. The third-order valence-electron chi connectivity index (χ3n) is 3.22. The molecule has 1 atom stereocenters. The summed E-state index contributed by atoms with van der Waals surface area (Å²) in [4.78, 5) is 0. The Balaban J connectivity index is 2.05. The molecular weight excluding hydrogens is 274 g/mol. The molecule has 0 fully saturated rings. The van der Waals surface area contributed by atoms with Gasteiger partial charge in [-0.2, -0.15) is 11.3 Å². The van der Waals surface area contributed by atoms with E-state index in [9.17, 15) is 0 Å². The lowest BCUT2D eigenvalue weighted by Gasteiger charge is -2.20. The summed E-state index contributed by atoms with van der Waals surface area (Å²) in [6, 6.07) is 10.7. The molecule has 0 bridgehead atoms. The summed E-state index contributed by atoms with van der Waals surface area (Å²) in [7, 11) is 0. The minimum absolute atomic E-state index is 0.341. The van der Waals surface area contributed by atoms with Crippen LogP contribution in [0.5, 0.6) is 0 Å². The summed E-state index contributed by atoms with van der Waals surface area (Å²) >= 11 is 8.08. The average molecular weight is 294 g/mol. The van der Waals surface area contributed by atoms with Gasteiger partial charge in [-0.05, 0) is 59.8 Å². The third kappa shape index (κ3) is 4.34. The molecule has 0 amide bonds. The Labute approximate surface area is 124 Å². The fourth-order valence-corrected chi connectivity index (χ4v) is 3.16. The van der Waals surface area contributed by atoms with Crippen LogP contribution in [0.1, 0.15) is 36.9 Å². The number of nitrogens with one attached hydrogen (secondary N) is 1. The summed E-state index contributed by atoms with van der Waals surface area (Å²) in [6.07, 6.45) is 3.32. The Kier molecular flexibility index (Phi) is 5.90. The highest BCUT2D eigenvalue weighted by molar-refractivity contribution is 7.07. The van der Waals surface area contributed by atoms with Crippen molar-refractivity contribution < 1.29 is 0 Å². The normalized spacial score (nSPS) is 12.5. The van der Waals surface area contributed by atoms with Crippen molar-refractivity contribution in [3.8, 4) is 0 Å². The first kappa shape index (κ1) is 14.6. The zero-order valence-electron chi connectivity index (χ0n) is 11.2. The van der Waals surface area contributed by atoms with E-state index in [2.05, 4.69) is 41.2 Å². The highest BCUT2D eigenvalue weighted by Crippen LogP contribution is 2.26. The molecule has 1 aromatic heterocycles. The van der Waals surface area contributed by atoms with Crippen LogP contribution in [0.4, 0.5) is 0 Å². The van der Waals surface area contributed by atoms with Crippen molar-refractivity contribution in [1.82, 2.24) is 5.32 Å². The molecule has 0 radical (unpaired) electrons. The monoisotopic (exact) mass is 293 g/mol. The van der Waals surface area contributed by atoms with Crippen molar-refractivity contribution in [2.24, 2.45) is 0 Å². The van der Waals surface area contributed by atoms with Gasteiger partial charge in [0.2, 0.25) is 0 Å². The van der Waals surface area contributed by atoms with Crippen molar-refractivity contribution in [3.63, 3.8) is 0 Å². The van der Waals surface area contributed by atoms with E-state index >= 15 is 0 Å². The predicted octanol–water partition coefficient (Wildman–Crippen LogP) is 5.08. The van der Waals surface area contributed by atoms with Crippen LogP contribution < -0.4 is 5.32 Å². The molecule has 102 valence electrons. The van der Waals surface area contributed by atoms with E-state index < -0.39 is 0 Å². The van der Waals surface area contributed by atoms with Gasteiger partial charge in [0.25, 0.3) is 0 Å². The highest BCUT2D eigenvalue weighted by Gasteiger charge is 2.13. The summed E-state index contributed by atoms with van der Waals surface area (Å²) in [5.74, 6) is 0. The Hall–Kier alpha value is -0.830. The van der Waals surface area contributed by atoms with Crippen molar-refractivity contribution in [1.29, 1.82) is 0 Å². The van der Waals surface area contributed by atoms with E-state index in [1.54, 1.807) is 11.3 Å². The SMILES string of the molecule is CCCNC(CCc1ccsc1)c1ccccc1Cl. The van der Waals surface area contributed by atoms with Gasteiger partial charge in [0.1, 0.15) is 0 Å². The van der Waals surface area contributed by atoms with E-state index in [4.69, 9.17) is 11.6 Å². The van der Waals surface area contributed by atoms with Gasteiger partial charge >= 0.3 is 0 Å². The molecule has 19 heavy (non-hydrogen) atoms. The van der Waals surface area contributed by atoms with Crippen molar-refractivity contribution in [2.75, 3.05) is 6.54 Å². The number of rotatable bonds is 7.